The van der Waals surface area contributed by atoms with Gasteiger partial charge in [-0.1, -0.05) is 50.1 Å². The molecule has 0 radical (unpaired) electrons. The van der Waals surface area contributed by atoms with Crippen molar-refractivity contribution in [3.63, 3.8) is 0 Å². The Morgan fingerprint density at radius 1 is 1.16 bits per heavy atom. The van der Waals surface area contributed by atoms with Gasteiger partial charge in [-0.3, -0.25) is 9.59 Å². The standard InChI is InChI=1S/C25H26N2O4S/c1-4-5-9-14-27-20(18-13-12-15(2)31-18)19(22(29)25(27)30)21(28)23-16(3)26-24(32-23)17-10-7-6-8-11-17/h6-8,10-13,20,29H,4-5,9,14H2,1-3H3. The number of unbranched alkanes of at least 4 members (excludes halogenated alkanes) is 2. The molecule has 0 saturated heterocycles. The summed E-state index contributed by atoms with van der Waals surface area (Å²) >= 11 is 1.27. The van der Waals surface area contributed by atoms with Crippen molar-refractivity contribution >= 4 is 23.0 Å². The summed E-state index contributed by atoms with van der Waals surface area (Å²) < 4.78 is 5.82. The topological polar surface area (TPSA) is 83.6 Å². The molecule has 0 spiro atoms. The van der Waals surface area contributed by atoms with Gasteiger partial charge in [-0.05, 0) is 32.4 Å². The minimum absolute atomic E-state index is 0.0622. The molecule has 1 aliphatic rings. The Balaban J connectivity index is 1.74. The molecule has 2 aromatic heterocycles. The molecule has 1 unspecified atom stereocenters. The molecule has 3 aromatic rings. The second-order valence-corrected chi connectivity index (χ2v) is 8.95. The molecule has 32 heavy (non-hydrogen) atoms. The molecule has 1 N–H and O–H groups in total. The monoisotopic (exact) mass is 450 g/mol. The van der Waals surface area contributed by atoms with Gasteiger partial charge in [-0.2, -0.15) is 0 Å². The number of carbonyl (C=O) groups is 2. The van der Waals surface area contributed by atoms with Gasteiger partial charge in [-0.25, -0.2) is 4.98 Å². The Morgan fingerprint density at radius 2 is 1.91 bits per heavy atom. The van der Waals surface area contributed by atoms with E-state index in [0.717, 1.165) is 29.8 Å². The summed E-state index contributed by atoms with van der Waals surface area (Å²) in [4.78, 5) is 33.2. The number of ketones is 1. The highest BCUT2D eigenvalue weighted by Crippen LogP contribution is 2.41. The summed E-state index contributed by atoms with van der Waals surface area (Å²) in [5.74, 6) is -0.261. The number of aliphatic hydroxyl groups is 1. The van der Waals surface area contributed by atoms with E-state index in [0.29, 0.717) is 28.6 Å². The van der Waals surface area contributed by atoms with E-state index >= 15 is 0 Å². The van der Waals surface area contributed by atoms with Crippen LogP contribution in [0.1, 0.15) is 59.1 Å². The first-order chi connectivity index (χ1) is 15.4. The number of carbonyl (C=O) groups excluding carboxylic acids is 2. The second kappa shape index (κ2) is 9.12. The molecule has 0 bridgehead atoms. The second-order valence-electron chi connectivity index (χ2n) is 7.95. The van der Waals surface area contributed by atoms with Crippen molar-refractivity contribution in [3.05, 3.63) is 75.9 Å². The molecular formula is C25H26N2O4S. The third-order valence-corrected chi connectivity index (χ3v) is 6.81. The quantitative estimate of drug-likeness (QED) is 0.347. The summed E-state index contributed by atoms with van der Waals surface area (Å²) in [5, 5.41) is 11.5. The number of aliphatic hydroxyl groups excluding tert-OH is 1. The Bertz CT molecular complexity index is 1180. The van der Waals surface area contributed by atoms with Crippen LogP contribution in [0, 0.1) is 13.8 Å². The van der Waals surface area contributed by atoms with Crippen LogP contribution in [0.25, 0.3) is 10.6 Å². The highest BCUT2D eigenvalue weighted by atomic mass is 32.1. The van der Waals surface area contributed by atoms with Crippen molar-refractivity contribution in [3.8, 4) is 10.6 Å². The molecule has 7 heteroatoms. The van der Waals surface area contributed by atoms with Gasteiger partial charge in [0.15, 0.2) is 5.76 Å². The van der Waals surface area contributed by atoms with E-state index in [2.05, 4.69) is 11.9 Å². The minimum Gasteiger partial charge on any atom is -0.503 e. The zero-order chi connectivity index (χ0) is 22.8. The van der Waals surface area contributed by atoms with Crippen molar-refractivity contribution in [1.82, 2.24) is 9.88 Å². The Kier molecular flexibility index (Phi) is 6.28. The summed E-state index contributed by atoms with van der Waals surface area (Å²) in [7, 11) is 0. The van der Waals surface area contributed by atoms with Crippen LogP contribution in [0.2, 0.25) is 0 Å². The molecule has 6 nitrogen and oxygen atoms in total. The van der Waals surface area contributed by atoms with Gasteiger partial charge in [0.2, 0.25) is 5.78 Å². The van der Waals surface area contributed by atoms with Crippen LogP contribution in [0.4, 0.5) is 0 Å². The van der Waals surface area contributed by atoms with Crippen molar-refractivity contribution in [2.75, 3.05) is 6.54 Å². The van der Waals surface area contributed by atoms with Crippen LogP contribution >= 0.6 is 11.3 Å². The van der Waals surface area contributed by atoms with E-state index in [1.807, 2.05) is 37.3 Å². The first-order valence-corrected chi connectivity index (χ1v) is 11.6. The molecule has 0 saturated carbocycles. The number of aromatic nitrogens is 1. The number of thiazole rings is 1. The van der Waals surface area contributed by atoms with Crippen molar-refractivity contribution in [2.45, 2.75) is 46.1 Å². The minimum atomic E-state index is -0.748. The highest BCUT2D eigenvalue weighted by molar-refractivity contribution is 7.17. The third kappa shape index (κ3) is 4.00. The molecule has 1 amide bonds. The molecule has 4 rings (SSSR count). The van der Waals surface area contributed by atoms with E-state index in [1.54, 1.807) is 24.0 Å². The van der Waals surface area contributed by atoms with Crippen LogP contribution in [0.3, 0.4) is 0 Å². The highest BCUT2D eigenvalue weighted by Gasteiger charge is 2.45. The smallest absolute Gasteiger partial charge is 0.290 e. The molecule has 1 aliphatic heterocycles. The maximum atomic E-state index is 13.7. The number of furan rings is 1. The number of aryl methyl sites for hydroxylation is 2. The van der Waals surface area contributed by atoms with Crippen LogP contribution in [-0.2, 0) is 4.79 Å². The van der Waals surface area contributed by atoms with Gasteiger partial charge in [0.05, 0.1) is 16.1 Å². The fraction of sp³-hybridized carbons (Fsp3) is 0.320. The fourth-order valence-electron chi connectivity index (χ4n) is 3.98. The number of benzene rings is 1. The van der Waals surface area contributed by atoms with E-state index in [4.69, 9.17) is 4.42 Å². The Morgan fingerprint density at radius 3 is 2.56 bits per heavy atom. The lowest BCUT2D eigenvalue weighted by atomic mass is 9.99. The molecule has 1 atom stereocenters. The van der Waals surface area contributed by atoms with Crippen LogP contribution in [0.5, 0.6) is 0 Å². The van der Waals surface area contributed by atoms with Gasteiger partial charge in [0, 0.05) is 12.1 Å². The predicted octanol–water partition coefficient (Wildman–Crippen LogP) is 5.79. The fourth-order valence-corrected chi connectivity index (χ4v) is 5.00. The number of hydrogen-bond donors (Lipinski definition) is 1. The lowest BCUT2D eigenvalue weighted by Crippen LogP contribution is -2.32. The van der Waals surface area contributed by atoms with Crippen LogP contribution in [-0.4, -0.2) is 33.2 Å². The lowest BCUT2D eigenvalue weighted by molar-refractivity contribution is -0.129. The maximum Gasteiger partial charge on any atom is 0.290 e. The van der Waals surface area contributed by atoms with Crippen LogP contribution in [0.15, 0.2) is 58.2 Å². The largest absolute Gasteiger partial charge is 0.503 e. The molecule has 166 valence electrons. The summed E-state index contributed by atoms with van der Waals surface area (Å²) in [6, 6.07) is 12.4. The number of amides is 1. The van der Waals surface area contributed by atoms with Gasteiger partial charge >= 0.3 is 0 Å². The molecule has 0 aliphatic carbocycles. The van der Waals surface area contributed by atoms with Gasteiger partial charge in [0.25, 0.3) is 5.91 Å². The van der Waals surface area contributed by atoms with Crippen molar-refractivity contribution in [2.24, 2.45) is 0 Å². The van der Waals surface area contributed by atoms with E-state index in [-0.39, 0.29) is 11.4 Å². The zero-order valence-electron chi connectivity index (χ0n) is 18.4. The maximum absolute atomic E-state index is 13.7. The van der Waals surface area contributed by atoms with E-state index in [1.165, 1.54) is 11.3 Å². The molecule has 0 fully saturated rings. The summed E-state index contributed by atoms with van der Waals surface area (Å²) in [6.45, 7) is 6.11. The summed E-state index contributed by atoms with van der Waals surface area (Å²) in [5.41, 5.74) is 1.55. The van der Waals surface area contributed by atoms with E-state index < -0.39 is 17.7 Å². The Labute approximate surface area is 191 Å². The van der Waals surface area contributed by atoms with Gasteiger partial charge in [-0.15, -0.1) is 11.3 Å². The lowest BCUT2D eigenvalue weighted by Gasteiger charge is -2.24. The first-order valence-electron chi connectivity index (χ1n) is 10.8. The third-order valence-electron chi connectivity index (χ3n) is 5.61. The summed E-state index contributed by atoms with van der Waals surface area (Å²) in [6.07, 6.45) is 2.73. The number of hydrogen-bond acceptors (Lipinski definition) is 6. The predicted molar refractivity (Wildman–Crippen MR) is 124 cm³/mol. The average Bonchev–Trinajstić information content (AvgIpc) is 3.46. The van der Waals surface area contributed by atoms with Crippen molar-refractivity contribution < 1.29 is 19.1 Å². The first kappa shape index (κ1) is 22.0. The molecule has 1 aromatic carbocycles. The number of nitrogens with zero attached hydrogens (tertiary/aromatic N) is 2. The average molecular weight is 451 g/mol. The number of rotatable bonds is 8. The SMILES string of the molecule is CCCCCN1C(=O)C(O)=C(C(=O)c2sc(-c3ccccc3)nc2C)C1c1ccc(C)o1. The molecular weight excluding hydrogens is 424 g/mol. The number of Topliss-reactive ketones (excluding diaryl/α,β-unsaturated/α-hetero) is 1. The van der Waals surface area contributed by atoms with Crippen LogP contribution < -0.4 is 0 Å². The van der Waals surface area contributed by atoms with Crippen molar-refractivity contribution in [1.29, 1.82) is 0 Å². The zero-order valence-corrected chi connectivity index (χ0v) is 19.2. The Hall–Kier alpha value is -3.19. The van der Waals surface area contributed by atoms with Gasteiger partial charge in [0.1, 0.15) is 22.6 Å². The molecule has 3 heterocycles. The van der Waals surface area contributed by atoms with E-state index in [9.17, 15) is 14.7 Å². The van der Waals surface area contributed by atoms with Gasteiger partial charge < -0.3 is 14.4 Å². The normalized spacial score (nSPS) is 16.3.